The van der Waals surface area contributed by atoms with Crippen molar-refractivity contribution in [3.8, 4) is 0 Å². The first-order valence-corrected chi connectivity index (χ1v) is 7.79. The fourth-order valence-electron chi connectivity index (χ4n) is 2.89. The highest BCUT2D eigenvalue weighted by Gasteiger charge is 2.27. The van der Waals surface area contributed by atoms with Crippen molar-refractivity contribution in [1.29, 1.82) is 0 Å². The minimum Gasteiger partial charge on any atom is -0.370 e. The highest BCUT2D eigenvalue weighted by molar-refractivity contribution is 9.10. The number of benzene rings is 1. The Kier molecular flexibility index (Phi) is 3.62. The second-order valence-corrected chi connectivity index (χ2v) is 6.57. The van der Waals surface area contributed by atoms with Crippen LogP contribution < -0.4 is 10.2 Å². The Morgan fingerprint density at radius 2 is 2.06 bits per heavy atom. The zero-order valence-electron chi connectivity index (χ0n) is 11.0. The molecule has 1 aliphatic heterocycles. The number of hydrogen-bond acceptors (Lipinski definition) is 2. The van der Waals surface area contributed by atoms with E-state index in [2.05, 4.69) is 51.3 Å². The molecule has 1 unspecified atom stereocenters. The molecule has 3 heteroatoms. The molecule has 1 aliphatic carbocycles. The van der Waals surface area contributed by atoms with E-state index >= 15 is 0 Å². The van der Waals surface area contributed by atoms with Crippen LogP contribution in [0.5, 0.6) is 0 Å². The summed E-state index contributed by atoms with van der Waals surface area (Å²) in [5.74, 6) is 0. The van der Waals surface area contributed by atoms with E-state index in [0.717, 1.165) is 6.04 Å². The van der Waals surface area contributed by atoms with Crippen molar-refractivity contribution in [2.75, 3.05) is 18.0 Å². The molecule has 1 saturated heterocycles. The number of hydrogen-bond donors (Lipinski definition) is 1. The molecule has 1 heterocycles. The molecular formula is C15H21BrN2. The van der Waals surface area contributed by atoms with Crippen LogP contribution in [0.3, 0.4) is 0 Å². The van der Waals surface area contributed by atoms with Crippen molar-refractivity contribution in [3.05, 3.63) is 28.2 Å². The average molecular weight is 309 g/mol. The summed E-state index contributed by atoms with van der Waals surface area (Å²) in [7, 11) is 0. The normalized spacial score (nSPS) is 24.3. The first kappa shape index (κ1) is 12.5. The van der Waals surface area contributed by atoms with Gasteiger partial charge in [0.1, 0.15) is 0 Å². The van der Waals surface area contributed by atoms with Crippen molar-refractivity contribution in [2.24, 2.45) is 0 Å². The second kappa shape index (κ2) is 5.22. The van der Waals surface area contributed by atoms with Crippen molar-refractivity contribution in [1.82, 2.24) is 5.32 Å². The molecule has 1 saturated carbocycles. The van der Waals surface area contributed by atoms with E-state index < -0.39 is 0 Å². The Hall–Kier alpha value is -0.540. The number of aryl methyl sites for hydroxylation is 1. The zero-order valence-corrected chi connectivity index (χ0v) is 12.5. The van der Waals surface area contributed by atoms with E-state index in [1.54, 1.807) is 0 Å². The van der Waals surface area contributed by atoms with Crippen LogP contribution in [0.2, 0.25) is 0 Å². The average Bonchev–Trinajstić information content (AvgIpc) is 3.13. The maximum Gasteiger partial charge on any atom is 0.0397 e. The lowest BCUT2D eigenvalue weighted by atomic mass is 10.0. The van der Waals surface area contributed by atoms with Gasteiger partial charge < -0.3 is 10.2 Å². The van der Waals surface area contributed by atoms with Gasteiger partial charge in [0.15, 0.2) is 0 Å². The zero-order chi connectivity index (χ0) is 12.5. The summed E-state index contributed by atoms with van der Waals surface area (Å²) in [6.45, 7) is 4.57. The predicted molar refractivity (Wildman–Crippen MR) is 80.3 cm³/mol. The maximum absolute atomic E-state index is 3.77. The standard InChI is InChI=1S/C15H21BrN2/c1-11-9-12(16)4-7-15(11)18-8-2-3-14(10-18)17-13-5-6-13/h4,7,9,13-14,17H,2-3,5-6,8,10H2,1H3. The Balaban J connectivity index is 1.70. The van der Waals surface area contributed by atoms with Gasteiger partial charge in [0, 0.05) is 35.3 Å². The van der Waals surface area contributed by atoms with Gasteiger partial charge in [-0.2, -0.15) is 0 Å². The Morgan fingerprint density at radius 3 is 2.78 bits per heavy atom. The molecule has 2 aliphatic rings. The lowest BCUT2D eigenvalue weighted by Gasteiger charge is -2.36. The number of anilines is 1. The molecule has 2 fully saturated rings. The molecule has 0 bridgehead atoms. The second-order valence-electron chi connectivity index (χ2n) is 5.66. The van der Waals surface area contributed by atoms with E-state index in [9.17, 15) is 0 Å². The molecule has 0 aromatic heterocycles. The lowest BCUT2D eigenvalue weighted by molar-refractivity contribution is 0.420. The van der Waals surface area contributed by atoms with Crippen molar-refractivity contribution < 1.29 is 0 Å². The summed E-state index contributed by atoms with van der Waals surface area (Å²) in [5.41, 5.74) is 2.77. The van der Waals surface area contributed by atoms with Crippen LogP contribution >= 0.6 is 15.9 Å². The summed E-state index contributed by atoms with van der Waals surface area (Å²) in [6, 6.07) is 8.13. The summed E-state index contributed by atoms with van der Waals surface area (Å²) in [5, 5.41) is 3.77. The largest absolute Gasteiger partial charge is 0.370 e. The smallest absolute Gasteiger partial charge is 0.0397 e. The van der Waals surface area contributed by atoms with E-state index in [4.69, 9.17) is 0 Å². The maximum atomic E-state index is 3.77. The first-order valence-electron chi connectivity index (χ1n) is 6.99. The highest BCUT2D eigenvalue weighted by atomic mass is 79.9. The third-order valence-electron chi connectivity index (χ3n) is 3.97. The number of nitrogens with one attached hydrogen (secondary N) is 1. The van der Waals surface area contributed by atoms with Gasteiger partial charge in [0.05, 0.1) is 0 Å². The molecular weight excluding hydrogens is 288 g/mol. The quantitative estimate of drug-likeness (QED) is 0.919. The van der Waals surface area contributed by atoms with E-state index in [1.807, 2.05) is 0 Å². The lowest BCUT2D eigenvalue weighted by Crippen LogP contribution is -2.46. The van der Waals surface area contributed by atoms with E-state index in [1.165, 1.54) is 54.5 Å². The predicted octanol–water partition coefficient (Wildman–Crippen LogP) is 3.48. The van der Waals surface area contributed by atoms with Gasteiger partial charge in [-0.3, -0.25) is 0 Å². The fourth-order valence-corrected chi connectivity index (χ4v) is 3.36. The monoisotopic (exact) mass is 308 g/mol. The van der Waals surface area contributed by atoms with Gasteiger partial charge >= 0.3 is 0 Å². The van der Waals surface area contributed by atoms with Gasteiger partial charge in [-0.05, 0) is 56.4 Å². The summed E-state index contributed by atoms with van der Waals surface area (Å²) in [4.78, 5) is 2.55. The minimum atomic E-state index is 0.689. The van der Waals surface area contributed by atoms with Crippen LogP contribution in [0, 0.1) is 6.92 Å². The molecule has 1 atom stereocenters. The molecule has 0 radical (unpaired) electrons. The molecule has 1 aromatic rings. The third-order valence-corrected chi connectivity index (χ3v) is 4.46. The van der Waals surface area contributed by atoms with E-state index in [-0.39, 0.29) is 0 Å². The Bertz CT molecular complexity index is 429. The molecule has 1 aromatic carbocycles. The third kappa shape index (κ3) is 2.89. The summed E-state index contributed by atoms with van der Waals surface area (Å²) >= 11 is 3.54. The molecule has 2 nitrogen and oxygen atoms in total. The van der Waals surface area contributed by atoms with Crippen LogP contribution in [0.25, 0.3) is 0 Å². The van der Waals surface area contributed by atoms with Crippen molar-refractivity contribution in [2.45, 2.75) is 44.7 Å². The minimum absolute atomic E-state index is 0.689. The Morgan fingerprint density at radius 1 is 1.22 bits per heavy atom. The van der Waals surface area contributed by atoms with Gasteiger partial charge in [-0.1, -0.05) is 15.9 Å². The number of nitrogens with zero attached hydrogens (tertiary/aromatic N) is 1. The molecule has 0 amide bonds. The van der Waals surface area contributed by atoms with Gasteiger partial charge in [0.2, 0.25) is 0 Å². The van der Waals surface area contributed by atoms with Crippen molar-refractivity contribution in [3.63, 3.8) is 0 Å². The van der Waals surface area contributed by atoms with Crippen LogP contribution in [0.15, 0.2) is 22.7 Å². The van der Waals surface area contributed by atoms with Gasteiger partial charge in [-0.15, -0.1) is 0 Å². The van der Waals surface area contributed by atoms with Crippen molar-refractivity contribution >= 4 is 21.6 Å². The number of rotatable bonds is 3. The molecule has 18 heavy (non-hydrogen) atoms. The molecule has 1 N–H and O–H groups in total. The molecule has 0 spiro atoms. The summed E-state index contributed by atoms with van der Waals surface area (Å²) in [6.07, 6.45) is 5.41. The van der Waals surface area contributed by atoms with Crippen LogP contribution in [0.1, 0.15) is 31.2 Å². The Labute approximate surface area is 118 Å². The van der Waals surface area contributed by atoms with Crippen LogP contribution in [-0.4, -0.2) is 25.2 Å². The van der Waals surface area contributed by atoms with Crippen LogP contribution in [-0.2, 0) is 0 Å². The fraction of sp³-hybridized carbons (Fsp3) is 0.600. The highest BCUT2D eigenvalue weighted by Crippen LogP contribution is 2.28. The summed E-state index contributed by atoms with van der Waals surface area (Å²) < 4.78 is 1.17. The van der Waals surface area contributed by atoms with Gasteiger partial charge in [-0.25, -0.2) is 0 Å². The molecule has 98 valence electrons. The topological polar surface area (TPSA) is 15.3 Å². The number of piperidine rings is 1. The van der Waals surface area contributed by atoms with Gasteiger partial charge in [0.25, 0.3) is 0 Å². The van der Waals surface area contributed by atoms with Crippen LogP contribution in [0.4, 0.5) is 5.69 Å². The van der Waals surface area contributed by atoms with E-state index in [0.29, 0.717) is 6.04 Å². The SMILES string of the molecule is Cc1cc(Br)ccc1N1CCCC(NC2CC2)C1. The number of halogens is 1. The first-order chi connectivity index (χ1) is 8.72. The molecule has 3 rings (SSSR count).